The number of hydrogen-bond donors (Lipinski definition) is 1. The second-order valence-corrected chi connectivity index (χ2v) is 3.55. The van der Waals surface area contributed by atoms with Gasteiger partial charge >= 0.3 is 0 Å². The van der Waals surface area contributed by atoms with Crippen molar-refractivity contribution in [2.45, 2.75) is 6.42 Å². The van der Waals surface area contributed by atoms with Crippen LogP contribution < -0.4 is 5.43 Å². The molecule has 1 fully saturated rings. The van der Waals surface area contributed by atoms with E-state index in [9.17, 15) is 4.79 Å². The van der Waals surface area contributed by atoms with Crippen LogP contribution in [0.15, 0.2) is 23.8 Å². The first-order chi connectivity index (χ1) is 6.86. The molecule has 0 spiro atoms. The second kappa shape index (κ2) is 2.60. The minimum atomic E-state index is 0.0376. The summed E-state index contributed by atoms with van der Waals surface area (Å²) >= 11 is 0. The highest BCUT2D eigenvalue weighted by molar-refractivity contribution is 6.09. The Bertz CT molecular complexity index is 414. The summed E-state index contributed by atoms with van der Waals surface area (Å²) in [6.07, 6.45) is 5.83. The fraction of sp³-hybridized carbons (Fsp3) is 0.333. The van der Waals surface area contributed by atoms with Crippen LogP contribution in [0.3, 0.4) is 0 Å². The number of aromatic nitrogens is 2. The molecule has 2 heterocycles. The van der Waals surface area contributed by atoms with Crippen LogP contribution in [-0.2, 0) is 4.79 Å². The molecule has 0 radical (unpaired) electrons. The molecule has 1 saturated carbocycles. The third kappa shape index (κ3) is 1.02. The SMILES string of the molecule is O=C1NN=C(c2cncnc2)[C@@H]2C[C@@H]12. The number of nitrogens with one attached hydrogen (secondary N) is 1. The van der Waals surface area contributed by atoms with Crippen LogP contribution in [0.4, 0.5) is 0 Å². The summed E-state index contributed by atoms with van der Waals surface area (Å²) in [6, 6.07) is 0. The summed E-state index contributed by atoms with van der Waals surface area (Å²) < 4.78 is 0. The lowest BCUT2D eigenvalue weighted by molar-refractivity contribution is -0.122. The standard InChI is InChI=1S/C9H8N4O/c14-9-7-1-6(7)8(12-13-9)5-2-10-4-11-3-5/h2-4,6-7H,1H2,(H,13,14)/t6-,7-/m1/s1. The van der Waals surface area contributed by atoms with E-state index < -0.39 is 0 Å². The van der Waals surface area contributed by atoms with Crippen molar-refractivity contribution in [2.75, 3.05) is 0 Å². The lowest BCUT2D eigenvalue weighted by atomic mass is 10.1. The maximum atomic E-state index is 11.2. The molecule has 70 valence electrons. The number of rotatable bonds is 1. The van der Waals surface area contributed by atoms with Gasteiger partial charge in [0, 0.05) is 29.8 Å². The first kappa shape index (κ1) is 7.61. The predicted molar refractivity (Wildman–Crippen MR) is 48.3 cm³/mol. The van der Waals surface area contributed by atoms with Crippen LogP contribution >= 0.6 is 0 Å². The van der Waals surface area contributed by atoms with Gasteiger partial charge in [-0.05, 0) is 6.42 Å². The lowest BCUT2D eigenvalue weighted by Gasteiger charge is -2.10. The zero-order chi connectivity index (χ0) is 9.54. The van der Waals surface area contributed by atoms with Crippen molar-refractivity contribution in [1.82, 2.24) is 15.4 Å². The van der Waals surface area contributed by atoms with Gasteiger partial charge in [0.2, 0.25) is 5.91 Å². The van der Waals surface area contributed by atoms with Gasteiger partial charge < -0.3 is 0 Å². The Balaban J connectivity index is 1.97. The summed E-state index contributed by atoms with van der Waals surface area (Å²) in [6.45, 7) is 0. The van der Waals surface area contributed by atoms with Crippen molar-refractivity contribution in [2.24, 2.45) is 16.9 Å². The van der Waals surface area contributed by atoms with Gasteiger partial charge in [-0.15, -0.1) is 0 Å². The Hall–Kier alpha value is -1.78. The number of amides is 1. The average Bonchev–Trinajstić information content (AvgIpc) is 3.00. The van der Waals surface area contributed by atoms with Crippen LogP contribution in [0.1, 0.15) is 12.0 Å². The van der Waals surface area contributed by atoms with E-state index in [4.69, 9.17) is 0 Å². The smallest absolute Gasteiger partial charge is 0.243 e. The van der Waals surface area contributed by atoms with Crippen molar-refractivity contribution < 1.29 is 4.79 Å². The van der Waals surface area contributed by atoms with E-state index >= 15 is 0 Å². The first-order valence-corrected chi connectivity index (χ1v) is 4.49. The van der Waals surface area contributed by atoms with Gasteiger partial charge in [-0.2, -0.15) is 5.10 Å². The number of nitrogens with zero attached hydrogens (tertiary/aromatic N) is 3. The molecule has 5 heteroatoms. The van der Waals surface area contributed by atoms with Crippen molar-refractivity contribution >= 4 is 11.6 Å². The van der Waals surface area contributed by atoms with Gasteiger partial charge in [0.15, 0.2) is 0 Å². The molecule has 3 rings (SSSR count). The normalized spacial score (nSPS) is 28.9. The second-order valence-electron chi connectivity index (χ2n) is 3.55. The monoisotopic (exact) mass is 188 g/mol. The molecule has 1 aromatic rings. The largest absolute Gasteiger partial charge is 0.273 e. The molecular weight excluding hydrogens is 180 g/mol. The highest BCUT2D eigenvalue weighted by Crippen LogP contribution is 2.43. The summed E-state index contributed by atoms with van der Waals surface area (Å²) in [5, 5.41) is 4.04. The van der Waals surface area contributed by atoms with Crippen LogP contribution in [0.2, 0.25) is 0 Å². The number of fused-ring (bicyclic) bond motifs is 1. The summed E-state index contributed by atoms with van der Waals surface area (Å²) in [5.41, 5.74) is 4.33. The van der Waals surface area contributed by atoms with Gasteiger partial charge in [-0.3, -0.25) is 4.79 Å². The van der Waals surface area contributed by atoms with Crippen molar-refractivity contribution in [1.29, 1.82) is 0 Å². The van der Waals surface area contributed by atoms with Crippen LogP contribution in [0.25, 0.3) is 0 Å². The Morgan fingerprint density at radius 3 is 2.86 bits per heavy atom. The van der Waals surface area contributed by atoms with E-state index in [-0.39, 0.29) is 17.7 Å². The maximum absolute atomic E-state index is 11.2. The molecule has 2 atom stereocenters. The minimum Gasteiger partial charge on any atom is -0.273 e. The van der Waals surface area contributed by atoms with E-state index in [2.05, 4.69) is 20.5 Å². The highest BCUT2D eigenvalue weighted by atomic mass is 16.2. The Morgan fingerprint density at radius 2 is 2.07 bits per heavy atom. The molecule has 0 saturated heterocycles. The number of hydrazone groups is 1. The van der Waals surface area contributed by atoms with E-state index in [1.54, 1.807) is 12.4 Å². The van der Waals surface area contributed by atoms with Crippen LogP contribution in [0, 0.1) is 11.8 Å². The van der Waals surface area contributed by atoms with Crippen LogP contribution in [0.5, 0.6) is 0 Å². The van der Waals surface area contributed by atoms with Crippen molar-refractivity contribution in [3.05, 3.63) is 24.3 Å². The number of carbonyl (C=O) groups excluding carboxylic acids is 1. The Morgan fingerprint density at radius 1 is 1.29 bits per heavy atom. The average molecular weight is 188 g/mol. The van der Waals surface area contributed by atoms with Crippen molar-refractivity contribution in [3.8, 4) is 0 Å². The van der Waals surface area contributed by atoms with Gasteiger partial charge in [-0.25, -0.2) is 15.4 Å². The fourth-order valence-corrected chi connectivity index (χ4v) is 1.78. The van der Waals surface area contributed by atoms with E-state index in [0.29, 0.717) is 0 Å². The lowest BCUT2D eigenvalue weighted by Crippen LogP contribution is -2.28. The molecule has 0 bridgehead atoms. The summed E-state index contributed by atoms with van der Waals surface area (Å²) in [4.78, 5) is 19.0. The molecule has 2 aliphatic rings. The quantitative estimate of drug-likeness (QED) is 0.671. The maximum Gasteiger partial charge on any atom is 0.243 e. The van der Waals surface area contributed by atoms with Crippen LogP contribution in [-0.4, -0.2) is 21.6 Å². The minimum absolute atomic E-state index is 0.0376. The predicted octanol–water partition coefficient (Wildman–Crippen LogP) is -0.0534. The zero-order valence-electron chi connectivity index (χ0n) is 7.34. The molecule has 1 N–H and O–H groups in total. The van der Waals surface area contributed by atoms with Gasteiger partial charge in [-0.1, -0.05) is 0 Å². The first-order valence-electron chi connectivity index (χ1n) is 4.49. The summed E-state index contributed by atoms with van der Waals surface area (Å²) in [7, 11) is 0. The van der Waals surface area contributed by atoms with Crippen molar-refractivity contribution in [3.63, 3.8) is 0 Å². The van der Waals surface area contributed by atoms with Gasteiger partial charge in [0.05, 0.1) is 5.71 Å². The van der Waals surface area contributed by atoms with E-state index in [0.717, 1.165) is 17.7 Å². The summed E-state index contributed by atoms with van der Waals surface area (Å²) in [5.74, 6) is 0.452. The molecule has 14 heavy (non-hydrogen) atoms. The third-order valence-electron chi connectivity index (χ3n) is 2.62. The highest BCUT2D eigenvalue weighted by Gasteiger charge is 2.49. The molecule has 0 aromatic carbocycles. The van der Waals surface area contributed by atoms with E-state index in [1.807, 2.05) is 0 Å². The Kier molecular flexibility index (Phi) is 1.41. The molecule has 1 amide bonds. The molecule has 0 unspecified atom stereocenters. The fourth-order valence-electron chi connectivity index (χ4n) is 1.78. The molecule has 1 aliphatic carbocycles. The molecule has 1 aliphatic heterocycles. The molecular formula is C9H8N4O. The van der Waals surface area contributed by atoms with E-state index in [1.165, 1.54) is 6.33 Å². The zero-order valence-corrected chi connectivity index (χ0v) is 7.34. The molecule has 5 nitrogen and oxygen atoms in total. The third-order valence-corrected chi connectivity index (χ3v) is 2.62. The number of hydrogen-bond acceptors (Lipinski definition) is 4. The van der Waals surface area contributed by atoms with Gasteiger partial charge in [0.25, 0.3) is 0 Å². The topological polar surface area (TPSA) is 67.2 Å². The number of carbonyl (C=O) groups is 1. The molecule has 1 aromatic heterocycles. The van der Waals surface area contributed by atoms with Gasteiger partial charge in [0.1, 0.15) is 6.33 Å². The Labute approximate surface area is 80.3 Å².